The fraction of sp³-hybridized carbons (Fsp3) is 0.286. The molecule has 2 aromatic rings. The molecule has 0 fully saturated rings. The summed E-state index contributed by atoms with van der Waals surface area (Å²) in [6.45, 7) is 4.39. The minimum Gasteiger partial charge on any atom is -0.317 e. The van der Waals surface area contributed by atoms with Crippen LogP contribution in [0.15, 0.2) is 36.9 Å². The van der Waals surface area contributed by atoms with Crippen molar-refractivity contribution in [2.24, 2.45) is 0 Å². The lowest BCUT2D eigenvalue weighted by atomic mass is 10.2. The number of rotatable bonds is 3. The second kappa shape index (κ2) is 6.29. The zero-order valence-corrected chi connectivity index (χ0v) is 12.8. The highest BCUT2D eigenvalue weighted by atomic mass is 35.5. The van der Waals surface area contributed by atoms with Crippen LogP contribution in [0.5, 0.6) is 0 Å². The average molecular weight is 312 g/mol. The molecular formula is C14H15Cl2N3O. The molecule has 6 heteroatoms. The molecule has 0 atom stereocenters. The number of nitrogens with zero attached hydrogens (tertiary/aromatic N) is 3. The summed E-state index contributed by atoms with van der Waals surface area (Å²) in [6, 6.07) is 5.31. The van der Waals surface area contributed by atoms with Crippen molar-refractivity contribution >= 4 is 29.2 Å². The normalized spacial score (nSPS) is 10.8. The number of benzene rings is 1. The van der Waals surface area contributed by atoms with E-state index < -0.39 is 0 Å². The number of imidazole rings is 1. The van der Waals surface area contributed by atoms with Gasteiger partial charge in [-0.05, 0) is 31.5 Å². The van der Waals surface area contributed by atoms with Crippen LogP contribution in [-0.2, 0) is 6.54 Å². The minimum atomic E-state index is -0.122. The topological polar surface area (TPSA) is 38.1 Å². The molecule has 1 aromatic carbocycles. The van der Waals surface area contributed by atoms with Crippen LogP contribution in [0.4, 0.5) is 4.79 Å². The smallest absolute Gasteiger partial charge is 0.317 e. The highest BCUT2D eigenvalue weighted by Crippen LogP contribution is 2.23. The lowest BCUT2D eigenvalue weighted by Gasteiger charge is -2.26. The van der Waals surface area contributed by atoms with E-state index in [1.54, 1.807) is 29.4 Å². The quantitative estimate of drug-likeness (QED) is 0.857. The lowest BCUT2D eigenvalue weighted by Crippen LogP contribution is -2.38. The van der Waals surface area contributed by atoms with Crippen molar-refractivity contribution in [3.8, 4) is 0 Å². The van der Waals surface area contributed by atoms with Gasteiger partial charge in [0.25, 0.3) is 0 Å². The Morgan fingerprint density at radius 2 is 2.10 bits per heavy atom. The van der Waals surface area contributed by atoms with Gasteiger partial charge in [-0.3, -0.25) is 4.57 Å². The van der Waals surface area contributed by atoms with E-state index >= 15 is 0 Å². The van der Waals surface area contributed by atoms with E-state index in [1.165, 1.54) is 10.9 Å². The van der Waals surface area contributed by atoms with Crippen molar-refractivity contribution in [2.45, 2.75) is 26.4 Å². The SMILES string of the molecule is CC(C)N(Cc1ccc(Cl)c(Cl)c1)C(=O)n1ccnc1. The Labute approximate surface area is 127 Å². The molecule has 2 rings (SSSR count). The van der Waals surface area contributed by atoms with E-state index in [0.29, 0.717) is 16.6 Å². The first-order valence-electron chi connectivity index (χ1n) is 6.22. The number of hydrogen-bond acceptors (Lipinski definition) is 2. The summed E-state index contributed by atoms with van der Waals surface area (Å²) in [5.41, 5.74) is 0.932. The highest BCUT2D eigenvalue weighted by Gasteiger charge is 2.19. The first-order chi connectivity index (χ1) is 9.49. The van der Waals surface area contributed by atoms with E-state index in [9.17, 15) is 4.79 Å². The van der Waals surface area contributed by atoms with Crippen LogP contribution in [-0.4, -0.2) is 26.5 Å². The maximum Gasteiger partial charge on any atom is 0.329 e. The second-order valence-corrected chi connectivity index (χ2v) is 5.54. The standard InChI is InChI=1S/C14H15Cl2N3O/c1-10(2)19(14(20)18-6-5-17-9-18)8-11-3-4-12(15)13(16)7-11/h3-7,9-10H,8H2,1-2H3. The van der Waals surface area contributed by atoms with E-state index in [0.717, 1.165) is 5.56 Å². The molecule has 0 unspecified atom stereocenters. The first kappa shape index (κ1) is 14.9. The number of amides is 1. The predicted molar refractivity (Wildman–Crippen MR) is 80.2 cm³/mol. The van der Waals surface area contributed by atoms with Crippen molar-refractivity contribution in [1.82, 2.24) is 14.5 Å². The molecule has 0 aliphatic heterocycles. The number of halogens is 2. The third kappa shape index (κ3) is 3.32. The molecule has 0 saturated carbocycles. The summed E-state index contributed by atoms with van der Waals surface area (Å²) in [6.07, 6.45) is 4.70. The summed E-state index contributed by atoms with van der Waals surface area (Å²) < 4.78 is 1.46. The van der Waals surface area contributed by atoms with Crippen molar-refractivity contribution in [3.63, 3.8) is 0 Å². The third-order valence-electron chi connectivity index (χ3n) is 2.93. The summed E-state index contributed by atoms with van der Waals surface area (Å²) in [4.78, 5) is 18.0. The molecule has 0 saturated heterocycles. The van der Waals surface area contributed by atoms with Crippen LogP contribution < -0.4 is 0 Å². The molecule has 0 radical (unpaired) electrons. The molecule has 1 amide bonds. The largest absolute Gasteiger partial charge is 0.329 e. The molecule has 0 spiro atoms. The van der Waals surface area contributed by atoms with Gasteiger partial charge in [0.1, 0.15) is 6.33 Å². The second-order valence-electron chi connectivity index (χ2n) is 4.72. The average Bonchev–Trinajstić information content (AvgIpc) is 2.93. The maximum absolute atomic E-state index is 12.4. The van der Waals surface area contributed by atoms with Gasteiger partial charge in [0, 0.05) is 25.0 Å². The Hall–Kier alpha value is -1.52. The van der Waals surface area contributed by atoms with Gasteiger partial charge < -0.3 is 4.90 Å². The van der Waals surface area contributed by atoms with Crippen LogP contribution >= 0.6 is 23.2 Å². The summed E-state index contributed by atoms with van der Waals surface area (Å²) in [7, 11) is 0. The van der Waals surface area contributed by atoms with E-state index in [-0.39, 0.29) is 12.1 Å². The van der Waals surface area contributed by atoms with Gasteiger partial charge in [0.05, 0.1) is 10.0 Å². The Morgan fingerprint density at radius 3 is 2.65 bits per heavy atom. The maximum atomic E-state index is 12.4. The number of aromatic nitrogens is 2. The Kier molecular flexibility index (Phi) is 4.68. The van der Waals surface area contributed by atoms with Crippen LogP contribution in [0.2, 0.25) is 10.0 Å². The van der Waals surface area contributed by atoms with Crippen LogP contribution in [0.1, 0.15) is 19.4 Å². The Morgan fingerprint density at radius 1 is 1.35 bits per heavy atom. The number of carbonyl (C=O) groups is 1. The predicted octanol–water partition coefficient (Wildman–Crippen LogP) is 4.07. The van der Waals surface area contributed by atoms with E-state index in [1.807, 2.05) is 19.9 Å². The van der Waals surface area contributed by atoms with Crippen LogP contribution in [0.25, 0.3) is 0 Å². The zero-order chi connectivity index (χ0) is 14.7. The van der Waals surface area contributed by atoms with Gasteiger partial charge >= 0.3 is 6.03 Å². The Balaban J connectivity index is 2.21. The molecule has 0 aliphatic carbocycles. The van der Waals surface area contributed by atoms with Gasteiger partial charge in [-0.2, -0.15) is 0 Å². The van der Waals surface area contributed by atoms with Crippen molar-refractivity contribution in [1.29, 1.82) is 0 Å². The molecular weight excluding hydrogens is 297 g/mol. The molecule has 1 aromatic heterocycles. The van der Waals surface area contributed by atoms with Gasteiger partial charge in [-0.25, -0.2) is 9.78 Å². The fourth-order valence-electron chi connectivity index (χ4n) is 1.83. The number of carbonyl (C=O) groups excluding carboxylic acids is 1. The van der Waals surface area contributed by atoms with E-state index in [4.69, 9.17) is 23.2 Å². The highest BCUT2D eigenvalue weighted by molar-refractivity contribution is 6.42. The minimum absolute atomic E-state index is 0.0550. The van der Waals surface area contributed by atoms with Gasteiger partial charge in [-0.15, -0.1) is 0 Å². The fourth-order valence-corrected chi connectivity index (χ4v) is 2.15. The van der Waals surface area contributed by atoms with Gasteiger partial charge in [-0.1, -0.05) is 29.3 Å². The first-order valence-corrected chi connectivity index (χ1v) is 6.97. The van der Waals surface area contributed by atoms with Gasteiger partial charge in [0.2, 0.25) is 0 Å². The summed E-state index contributed by atoms with van der Waals surface area (Å²) >= 11 is 11.9. The molecule has 1 heterocycles. The molecule has 4 nitrogen and oxygen atoms in total. The summed E-state index contributed by atoms with van der Waals surface area (Å²) in [5.74, 6) is 0. The lowest BCUT2D eigenvalue weighted by molar-refractivity contribution is 0.181. The molecule has 20 heavy (non-hydrogen) atoms. The molecule has 106 valence electrons. The van der Waals surface area contributed by atoms with Crippen molar-refractivity contribution < 1.29 is 4.79 Å². The number of hydrogen-bond donors (Lipinski definition) is 0. The zero-order valence-electron chi connectivity index (χ0n) is 11.3. The van der Waals surface area contributed by atoms with Crippen molar-refractivity contribution in [2.75, 3.05) is 0 Å². The van der Waals surface area contributed by atoms with Crippen LogP contribution in [0.3, 0.4) is 0 Å². The molecule has 0 bridgehead atoms. The van der Waals surface area contributed by atoms with Gasteiger partial charge in [0.15, 0.2) is 0 Å². The van der Waals surface area contributed by atoms with Crippen LogP contribution in [0, 0.1) is 0 Å². The molecule has 0 N–H and O–H groups in total. The summed E-state index contributed by atoms with van der Waals surface area (Å²) in [5, 5.41) is 0.996. The third-order valence-corrected chi connectivity index (χ3v) is 3.67. The Bertz CT molecular complexity index is 596. The molecule has 0 aliphatic rings. The monoisotopic (exact) mass is 311 g/mol. The van der Waals surface area contributed by atoms with Crippen molar-refractivity contribution in [3.05, 3.63) is 52.5 Å². The van der Waals surface area contributed by atoms with E-state index in [2.05, 4.69) is 4.98 Å².